The molecule has 17 heavy (non-hydrogen) atoms. The van der Waals surface area contributed by atoms with Crippen LogP contribution in [0, 0.1) is 18.3 Å². The van der Waals surface area contributed by atoms with Crippen molar-refractivity contribution in [1.29, 1.82) is 5.26 Å². The van der Waals surface area contributed by atoms with E-state index in [9.17, 15) is 4.79 Å². The average Bonchev–Trinajstić information content (AvgIpc) is 2.35. The van der Waals surface area contributed by atoms with Gasteiger partial charge in [0.2, 0.25) is 0 Å². The number of hydrogen-bond acceptors (Lipinski definition) is 4. The van der Waals surface area contributed by atoms with Gasteiger partial charge in [-0.2, -0.15) is 5.26 Å². The van der Waals surface area contributed by atoms with Crippen molar-refractivity contribution in [2.45, 2.75) is 19.8 Å². The van der Waals surface area contributed by atoms with Crippen molar-refractivity contribution in [3.63, 3.8) is 0 Å². The van der Waals surface area contributed by atoms with Gasteiger partial charge in [-0.25, -0.2) is 0 Å². The number of hydrogen-bond donors (Lipinski definition) is 0. The molecule has 0 radical (unpaired) electrons. The molecular formula is C13H13NO3. The molecule has 1 aliphatic heterocycles. The van der Waals surface area contributed by atoms with E-state index in [4.69, 9.17) is 14.7 Å². The Bertz CT molecular complexity index is 488. The minimum Gasteiger partial charge on any atom is -0.486 e. The molecule has 0 saturated carbocycles. The van der Waals surface area contributed by atoms with Crippen molar-refractivity contribution < 1.29 is 14.3 Å². The topological polar surface area (TPSA) is 59.3 Å². The maximum Gasteiger partial charge on any atom is 0.164 e. The minimum absolute atomic E-state index is 0.0268. The van der Waals surface area contributed by atoms with Crippen LogP contribution in [0.4, 0.5) is 0 Å². The molecule has 4 heteroatoms. The predicted octanol–water partition coefficient (Wildman–Crippen LogP) is 2.25. The molecule has 0 amide bonds. The lowest BCUT2D eigenvalue weighted by Gasteiger charge is -2.19. The molecule has 1 heterocycles. The second-order valence-corrected chi connectivity index (χ2v) is 3.89. The first kappa shape index (κ1) is 11.5. The third-order valence-electron chi connectivity index (χ3n) is 2.65. The molecule has 1 aromatic carbocycles. The van der Waals surface area contributed by atoms with E-state index in [-0.39, 0.29) is 18.6 Å². The van der Waals surface area contributed by atoms with E-state index in [1.165, 1.54) is 0 Å². The number of nitriles is 1. The summed E-state index contributed by atoms with van der Waals surface area (Å²) in [5.74, 6) is 1.27. The smallest absolute Gasteiger partial charge is 0.164 e. The normalized spacial score (nSPS) is 12.9. The number of carbonyl (C=O) groups is 1. The Morgan fingerprint density at radius 2 is 2.00 bits per heavy atom. The number of ether oxygens (including phenoxy) is 2. The van der Waals surface area contributed by atoms with E-state index in [1.807, 2.05) is 19.1 Å². The summed E-state index contributed by atoms with van der Waals surface area (Å²) in [7, 11) is 0. The summed E-state index contributed by atoms with van der Waals surface area (Å²) in [6.07, 6.45) is 0.490. The van der Waals surface area contributed by atoms with Crippen molar-refractivity contribution >= 4 is 5.78 Å². The molecule has 0 atom stereocenters. The van der Waals surface area contributed by atoms with Crippen LogP contribution in [0.25, 0.3) is 0 Å². The van der Waals surface area contributed by atoms with Crippen LogP contribution < -0.4 is 9.47 Å². The van der Waals surface area contributed by atoms with E-state index in [2.05, 4.69) is 0 Å². The number of ketones is 1. The van der Waals surface area contributed by atoms with Gasteiger partial charge in [0.15, 0.2) is 17.3 Å². The molecule has 2 rings (SSSR count). The summed E-state index contributed by atoms with van der Waals surface area (Å²) in [5, 5.41) is 8.48. The first-order valence-electron chi connectivity index (χ1n) is 5.53. The van der Waals surface area contributed by atoms with Crippen LogP contribution in [-0.2, 0) is 0 Å². The molecule has 0 spiro atoms. The van der Waals surface area contributed by atoms with E-state index in [1.54, 1.807) is 6.07 Å². The summed E-state index contributed by atoms with van der Waals surface area (Å²) in [4.78, 5) is 11.9. The lowest BCUT2D eigenvalue weighted by molar-refractivity contribution is 0.0982. The number of rotatable bonds is 3. The molecule has 1 aliphatic rings. The molecule has 1 aromatic rings. The van der Waals surface area contributed by atoms with Gasteiger partial charge in [-0.15, -0.1) is 0 Å². The van der Waals surface area contributed by atoms with Crippen LogP contribution in [0.2, 0.25) is 0 Å². The van der Waals surface area contributed by atoms with Gasteiger partial charge in [-0.3, -0.25) is 4.79 Å². The van der Waals surface area contributed by atoms with Gasteiger partial charge in [0.1, 0.15) is 13.2 Å². The number of nitrogens with zero attached hydrogens (tertiary/aromatic N) is 1. The highest BCUT2D eigenvalue weighted by Crippen LogP contribution is 2.33. The van der Waals surface area contributed by atoms with Gasteiger partial charge in [-0.1, -0.05) is 0 Å². The number of fused-ring (bicyclic) bond motifs is 1. The van der Waals surface area contributed by atoms with E-state index < -0.39 is 0 Å². The third kappa shape index (κ3) is 2.39. The second kappa shape index (κ2) is 4.88. The lowest BCUT2D eigenvalue weighted by atomic mass is 10.0. The fraction of sp³-hybridized carbons (Fsp3) is 0.385. The Labute approximate surface area is 99.8 Å². The minimum atomic E-state index is -0.0268. The zero-order valence-electron chi connectivity index (χ0n) is 9.66. The molecule has 0 aromatic heterocycles. The molecule has 0 bridgehead atoms. The standard InChI is InChI=1S/C13H13NO3/c1-9-7-12-13(17-6-5-16-12)8-10(9)11(15)3-2-4-14/h7-8H,2-3,5-6H2,1H3. The molecule has 0 N–H and O–H groups in total. The molecule has 0 fully saturated rings. The first-order chi connectivity index (χ1) is 8.22. The van der Waals surface area contributed by atoms with Crippen LogP contribution in [-0.4, -0.2) is 19.0 Å². The lowest BCUT2D eigenvalue weighted by Crippen LogP contribution is -2.16. The maximum absolute atomic E-state index is 11.9. The average molecular weight is 231 g/mol. The van der Waals surface area contributed by atoms with E-state index >= 15 is 0 Å². The SMILES string of the molecule is Cc1cc2c(cc1C(=O)CCC#N)OCCO2. The highest BCUT2D eigenvalue weighted by atomic mass is 16.6. The van der Waals surface area contributed by atoms with Crippen molar-refractivity contribution in [2.24, 2.45) is 0 Å². The largest absolute Gasteiger partial charge is 0.486 e. The van der Waals surface area contributed by atoms with Crippen LogP contribution in [0.3, 0.4) is 0 Å². The van der Waals surface area contributed by atoms with Gasteiger partial charge < -0.3 is 9.47 Å². The molecule has 88 valence electrons. The van der Waals surface area contributed by atoms with Crippen LogP contribution in [0.15, 0.2) is 12.1 Å². The van der Waals surface area contributed by atoms with Crippen molar-refractivity contribution in [2.75, 3.05) is 13.2 Å². The van der Waals surface area contributed by atoms with E-state index in [0.717, 1.165) is 5.56 Å². The molecule has 4 nitrogen and oxygen atoms in total. The Morgan fingerprint density at radius 1 is 1.35 bits per heavy atom. The summed E-state index contributed by atoms with van der Waals surface area (Å²) >= 11 is 0. The number of benzene rings is 1. The maximum atomic E-state index is 11.9. The Balaban J connectivity index is 2.29. The predicted molar refractivity (Wildman–Crippen MR) is 61.3 cm³/mol. The summed E-state index contributed by atoms with van der Waals surface area (Å²) < 4.78 is 10.9. The number of carbonyl (C=O) groups excluding carboxylic acids is 1. The van der Waals surface area contributed by atoms with Gasteiger partial charge in [0.25, 0.3) is 0 Å². The number of Topliss-reactive ketones (excluding diaryl/α,β-unsaturated/α-hetero) is 1. The van der Waals surface area contributed by atoms with Crippen molar-refractivity contribution in [3.8, 4) is 17.6 Å². The fourth-order valence-electron chi connectivity index (χ4n) is 1.79. The van der Waals surface area contributed by atoms with Gasteiger partial charge in [0, 0.05) is 18.4 Å². The van der Waals surface area contributed by atoms with Crippen molar-refractivity contribution in [1.82, 2.24) is 0 Å². The number of aryl methyl sites for hydroxylation is 1. The van der Waals surface area contributed by atoms with Gasteiger partial charge in [0.05, 0.1) is 6.07 Å². The van der Waals surface area contributed by atoms with Crippen LogP contribution in [0.1, 0.15) is 28.8 Å². The monoisotopic (exact) mass is 231 g/mol. The first-order valence-corrected chi connectivity index (χ1v) is 5.53. The second-order valence-electron chi connectivity index (χ2n) is 3.89. The van der Waals surface area contributed by atoms with Gasteiger partial charge >= 0.3 is 0 Å². The third-order valence-corrected chi connectivity index (χ3v) is 2.65. The molecule has 0 saturated heterocycles. The molecule has 0 unspecified atom stereocenters. The zero-order chi connectivity index (χ0) is 12.3. The summed E-state index contributed by atoms with van der Waals surface area (Å²) in [5.41, 5.74) is 1.47. The highest BCUT2D eigenvalue weighted by Gasteiger charge is 2.17. The molecule has 0 aliphatic carbocycles. The Hall–Kier alpha value is -2.02. The highest BCUT2D eigenvalue weighted by molar-refractivity contribution is 5.98. The van der Waals surface area contributed by atoms with Crippen LogP contribution >= 0.6 is 0 Å². The fourth-order valence-corrected chi connectivity index (χ4v) is 1.79. The van der Waals surface area contributed by atoms with E-state index in [0.29, 0.717) is 30.3 Å². The Morgan fingerprint density at radius 3 is 2.65 bits per heavy atom. The van der Waals surface area contributed by atoms with Gasteiger partial charge in [-0.05, 0) is 24.6 Å². The Kier molecular flexibility index (Phi) is 3.29. The quantitative estimate of drug-likeness (QED) is 0.748. The zero-order valence-corrected chi connectivity index (χ0v) is 9.66. The molecular weight excluding hydrogens is 218 g/mol. The summed E-state index contributed by atoms with van der Waals surface area (Å²) in [6.45, 7) is 2.90. The van der Waals surface area contributed by atoms with Crippen molar-refractivity contribution in [3.05, 3.63) is 23.3 Å². The summed E-state index contributed by atoms with van der Waals surface area (Å²) in [6, 6.07) is 5.50. The van der Waals surface area contributed by atoms with Crippen LogP contribution in [0.5, 0.6) is 11.5 Å².